The minimum atomic E-state index is -0.408. The highest BCUT2D eigenvalue weighted by Crippen LogP contribution is 2.48. The van der Waals surface area contributed by atoms with Crippen LogP contribution in [-0.2, 0) is 4.79 Å². The summed E-state index contributed by atoms with van der Waals surface area (Å²) in [5.41, 5.74) is 2.29. The van der Waals surface area contributed by atoms with Crippen LogP contribution >= 0.6 is 0 Å². The number of aromatic nitrogens is 1. The number of nitrogens with zero attached hydrogens (tertiary/aromatic N) is 1. The Balaban J connectivity index is 1.51. The van der Waals surface area contributed by atoms with Gasteiger partial charge in [-0.15, -0.1) is 0 Å². The number of hydrogen-bond donors (Lipinski definition) is 3. The third-order valence-corrected chi connectivity index (χ3v) is 7.12. The Kier molecular flexibility index (Phi) is 5.15. The van der Waals surface area contributed by atoms with Gasteiger partial charge in [0.2, 0.25) is 5.91 Å². The van der Waals surface area contributed by atoms with Crippen LogP contribution < -0.4 is 5.32 Å². The van der Waals surface area contributed by atoms with E-state index in [1.54, 1.807) is 6.92 Å². The van der Waals surface area contributed by atoms with Gasteiger partial charge in [0, 0.05) is 35.8 Å². The van der Waals surface area contributed by atoms with Crippen molar-refractivity contribution in [3.8, 4) is 0 Å². The molecule has 2 aromatic rings. The topological polar surface area (TPSA) is 85.4 Å². The van der Waals surface area contributed by atoms with Gasteiger partial charge in [-0.05, 0) is 43.9 Å². The van der Waals surface area contributed by atoms with E-state index in [4.69, 9.17) is 0 Å². The smallest absolute Gasteiger partial charge is 0.267 e. The Bertz CT molecular complexity index is 937. The third-order valence-electron chi connectivity index (χ3n) is 7.12. The molecule has 0 spiro atoms. The summed E-state index contributed by atoms with van der Waals surface area (Å²) >= 11 is 0. The highest BCUT2D eigenvalue weighted by Gasteiger charge is 2.54. The summed E-state index contributed by atoms with van der Waals surface area (Å²) in [6.45, 7) is 6.12. The highest BCUT2D eigenvalue weighted by atomic mass is 16.3. The number of aliphatic hydroxyl groups excluding tert-OH is 1. The molecule has 1 aliphatic carbocycles. The molecular formula is C23H31N3O3. The van der Waals surface area contributed by atoms with Crippen molar-refractivity contribution >= 4 is 22.7 Å². The number of nitrogens with one attached hydrogen (secondary N) is 2. The van der Waals surface area contributed by atoms with Gasteiger partial charge < -0.3 is 20.3 Å². The van der Waals surface area contributed by atoms with Gasteiger partial charge in [-0.25, -0.2) is 0 Å². The van der Waals surface area contributed by atoms with Gasteiger partial charge in [0.15, 0.2) is 0 Å². The Morgan fingerprint density at radius 2 is 2.07 bits per heavy atom. The quantitative estimate of drug-likeness (QED) is 0.744. The molecule has 1 aromatic heterocycles. The molecule has 1 saturated carbocycles. The molecule has 2 amide bonds. The molecule has 4 rings (SSSR count). The predicted molar refractivity (Wildman–Crippen MR) is 113 cm³/mol. The van der Waals surface area contributed by atoms with Crippen molar-refractivity contribution in [2.75, 3.05) is 6.54 Å². The minimum absolute atomic E-state index is 0.0216. The fourth-order valence-electron chi connectivity index (χ4n) is 5.53. The number of fused-ring (bicyclic) bond motifs is 2. The first-order valence-corrected chi connectivity index (χ1v) is 10.6. The number of H-pyrrole nitrogens is 1. The molecule has 29 heavy (non-hydrogen) atoms. The van der Waals surface area contributed by atoms with Crippen molar-refractivity contribution in [2.24, 2.45) is 5.41 Å². The highest BCUT2D eigenvalue weighted by molar-refractivity contribution is 5.98. The fourth-order valence-corrected chi connectivity index (χ4v) is 5.53. The first-order valence-electron chi connectivity index (χ1n) is 10.6. The van der Waals surface area contributed by atoms with Crippen LogP contribution in [0.15, 0.2) is 24.3 Å². The van der Waals surface area contributed by atoms with E-state index in [1.807, 2.05) is 36.1 Å². The maximum atomic E-state index is 12.8. The van der Waals surface area contributed by atoms with E-state index < -0.39 is 6.10 Å². The van der Waals surface area contributed by atoms with Crippen LogP contribution in [0.3, 0.4) is 0 Å². The van der Waals surface area contributed by atoms with E-state index >= 15 is 0 Å². The normalized spacial score (nSPS) is 29.5. The van der Waals surface area contributed by atoms with Crippen LogP contribution in [0.4, 0.5) is 0 Å². The van der Waals surface area contributed by atoms with E-state index in [-0.39, 0.29) is 29.3 Å². The lowest BCUT2D eigenvalue weighted by Crippen LogP contribution is -2.48. The molecule has 0 unspecified atom stereocenters. The number of aromatic amines is 1. The van der Waals surface area contributed by atoms with Crippen molar-refractivity contribution in [1.29, 1.82) is 0 Å². The summed E-state index contributed by atoms with van der Waals surface area (Å²) < 4.78 is 0. The van der Waals surface area contributed by atoms with Crippen LogP contribution in [0.5, 0.6) is 0 Å². The zero-order chi connectivity index (χ0) is 20.8. The number of carbonyl (C=O) groups is 2. The first-order chi connectivity index (χ1) is 13.8. The van der Waals surface area contributed by atoms with Crippen molar-refractivity contribution < 1.29 is 14.7 Å². The number of carbonyl (C=O) groups excluding carboxylic acids is 2. The average Bonchev–Trinajstić information content (AvgIpc) is 3.20. The molecule has 2 heterocycles. The second kappa shape index (κ2) is 7.48. The lowest BCUT2D eigenvalue weighted by atomic mass is 9.75. The molecule has 6 heteroatoms. The molecule has 3 N–H and O–H groups in total. The van der Waals surface area contributed by atoms with E-state index in [9.17, 15) is 14.7 Å². The van der Waals surface area contributed by atoms with E-state index in [0.29, 0.717) is 18.7 Å². The molecule has 4 atom stereocenters. The van der Waals surface area contributed by atoms with Gasteiger partial charge in [-0.3, -0.25) is 9.59 Å². The number of rotatable bonds is 3. The van der Waals surface area contributed by atoms with Crippen LogP contribution in [0, 0.1) is 12.3 Å². The molecule has 156 valence electrons. The second-order valence-corrected chi connectivity index (χ2v) is 9.04. The number of hydrogen-bond acceptors (Lipinski definition) is 3. The maximum absolute atomic E-state index is 12.8. The van der Waals surface area contributed by atoms with Crippen LogP contribution in [0.25, 0.3) is 10.9 Å². The summed E-state index contributed by atoms with van der Waals surface area (Å²) in [4.78, 5) is 30.4. The summed E-state index contributed by atoms with van der Waals surface area (Å²) in [7, 11) is 0. The van der Waals surface area contributed by atoms with Crippen LogP contribution in [-0.4, -0.2) is 51.5 Å². The van der Waals surface area contributed by atoms with Gasteiger partial charge in [-0.1, -0.05) is 31.9 Å². The van der Waals surface area contributed by atoms with E-state index in [2.05, 4.69) is 17.2 Å². The first kappa shape index (κ1) is 20.0. The average molecular weight is 398 g/mol. The standard InChI is InChI=1S/C23H31N3O3/c1-14-7-6-8-18-17(14)11-19(25-18)22(29)24-13-16-12-23(3)20(26(16)15(2)27)9-4-5-10-21(23)28/h6-8,11,16,20-21,25,28H,4-5,9-10,12-13H2,1-3H3,(H,24,29)/t16-,20-,21+,23-/m1/s1. The van der Waals surface area contributed by atoms with Gasteiger partial charge >= 0.3 is 0 Å². The Morgan fingerprint density at radius 3 is 2.79 bits per heavy atom. The monoisotopic (exact) mass is 397 g/mol. The van der Waals surface area contributed by atoms with Gasteiger partial charge in [0.05, 0.1) is 12.1 Å². The molecule has 2 aliphatic rings. The summed E-state index contributed by atoms with van der Waals surface area (Å²) in [6.07, 6.45) is 4.03. The van der Waals surface area contributed by atoms with Crippen molar-refractivity contribution in [1.82, 2.24) is 15.2 Å². The van der Waals surface area contributed by atoms with Gasteiger partial charge in [0.1, 0.15) is 5.69 Å². The molecular weight excluding hydrogens is 366 g/mol. The Hall–Kier alpha value is -2.34. The number of amides is 2. The maximum Gasteiger partial charge on any atom is 0.267 e. The largest absolute Gasteiger partial charge is 0.392 e. The third kappa shape index (κ3) is 3.44. The molecule has 6 nitrogen and oxygen atoms in total. The van der Waals surface area contributed by atoms with Gasteiger partial charge in [-0.2, -0.15) is 0 Å². The Labute approximate surface area is 171 Å². The number of benzene rings is 1. The van der Waals surface area contributed by atoms with E-state index in [0.717, 1.165) is 42.1 Å². The summed E-state index contributed by atoms with van der Waals surface area (Å²) in [5, 5.41) is 14.8. The lowest BCUT2D eigenvalue weighted by Gasteiger charge is -2.37. The molecule has 0 radical (unpaired) electrons. The van der Waals surface area contributed by atoms with Crippen LogP contribution in [0.2, 0.25) is 0 Å². The SMILES string of the molecule is CC(=O)N1[C@@H](CNC(=O)c2cc3c(C)cccc3[nH]2)C[C@@]2(C)[C@@H](O)CCCC[C@@H]12. The van der Waals surface area contributed by atoms with E-state index in [1.165, 1.54) is 0 Å². The van der Waals surface area contributed by atoms with Crippen molar-refractivity contribution in [3.05, 3.63) is 35.5 Å². The molecule has 1 saturated heterocycles. The van der Waals surface area contributed by atoms with Crippen molar-refractivity contribution in [2.45, 2.75) is 71.1 Å². The summed E-state index contributed by atoms with van der Waals surface area (Å²) in [5.74, 6) is -0.143. The predicted octanol–water partition coefficient (Wildman–Crippen LogP) is 3.14. The fraction of sp³-hybridized carbons (Fsp3) is 0.565. The lowest BCUT2D eigenvalue weighted by molar-refractivity contribution is -0.133. The minimum Gasteiger partial charge on any atom is -0.392 e. The number of likely N-dealkylation sites (tertiary alicyclic amines) is 1. The molecule has 1 aliphatic heterocycles. The molecule has 0 bridgehead atoms. The molecule has 2 fully saturated rings. The second-order valence-electron chi connectivity index (χ2n) is 9.04. The number of aliphatic hydroxyl groups is 1. The number of aryl methyl sites for hydroxylation is 1. The van der Waals surface area contributed by atoms with Crippen molar-refractivity contribution in [3.63, 3.8) is 0 Å². The zero-order valence-corrected chi connectivity index (χ0v) is 17.5. The Morgan fingerprint density at radius 1 is 1.31 bits per heavy atom. The molecule has 1 aromatic carbocycles. The summed E-state index contributed by atoms with van der Waals surface area (Å²) in [6, 6.07) is 7.78. The van der Waals surface area contributed by atoms with Crippen LogP contribution in [0.1, 0.15) is 62.0 Å². The zero-order valence-electron chi connectivity index (χ0n) is 17.5. The van der Waals surface area contributed by atoms with Gasteiger partial charge in [0.25, 0.3) is 5.91 Å².